The monoisotopic (exact) mass is 624 g/mol. The molecule has 1 aromatic heterocycles. The number of halogens is 1. The molecule has 0 fully saturated rings. The van der Waals surface area contributed by atoms with E-state index in [0.717, 1.165) is 41.2 Å². The van der Waals surface area contributed by atoms with Gasteiger partial charge in [0.25, 0.3) is 0 Å². The van der Waals surface area contributed by atoms with Crippen LogP contribution in [0.5, 0.6) is 5.75 Å². The van der Waals surface area contributed by atoms with Crippen LogP contribution < -0.4 is 10.1 Å². The first-order valence-corrected chi connectivity index (χ1v) is 14.0. The Morgan fingerprint density at radius 2 is 1.97 bits per heavy atom. The third-order valence-corrected chi connectivity index (χ3v) is 7.35. The fourth-order valence-corrected chi connectivity index (χ4v) is 4.97. The standard InChI is InChI=1S/C28H37IN2O6/c1-2-3-4-5-6-11-26(33)31(18-20-12-15-36-19-20)23-16-21(28(35)30-13-14-32)17-25(27(23)34)37-24-10-8-7-9-22(24)29/h7-10,12,15,17,19,23,25,27,32,34H,2-6,11,13-14,16,18H2,1H3,(H,30,35)/t23-,25+,27+/m1/s1. The van der Waals surface area contributed by atoms with Gasteiger partial charge in [-0.15, -0.1) is 0 Å². The van der Waals surface area contributed by atoms with Gasteiger partial charge >= 0.3 is 0 Å². The molecule has 2 amide bonds. The van der Waals surface area contributed by atoms with Crippen LogP contribution in [0.3, 0.4) is 0 Å². The lowest BCUT2D eigenvalue weighted by Crippen LogP contribution is -2.54. The number of hydrogen-bond donors (Lipinski definition) is 3. The Bertz CT molecular complexity index is 1030. The van der Waals surface area contributed by atoms with E-state index in [1.54, 1.807) is 29.6 Å². The van der Waals surface area contributed by atoms with Crippen molar-refractivity contribution < 1.29 is 29.0 Å². The van der Waals surface area contributed by atoms with E-state index >= 15 is 0 Å². The van der Waals surface area contributed by atoms with Crippen LogP contribution in [0.15, 0.2) is 58.9 Å². The minimum absolute atomic E-state index is 0.0770. The number of para-hydroxylation sites is 1. The molecule has 8 nitrogen and oxygen atoms in total. The maximum Gasteiger partial charge on any atom is 0.247 e. The summed E-state index contributed by atoms with van der Waals surface area (Å²) in [5.74, 6) is 0.159. The third-order valence-electron chi connectivity index (χ3n) is 6.46. The number of aliphatic hydroxyl groups is 2. The Labute approximate surface area is 232 Å². The van der Waals surface area contributed by atoms with Crippen LogP contribution in [0.2, 0.25) is 0 Å². The van der Waals surface area contributed by atoms with Crippen LogP contribution in [-0.4, -0.2) is 58.3 Å². The summed E-state index contributed by atoms with van der Waals surface area (Å²) in [6.45, 7) is 2.34. The van der Waals surface area contributed by atoms with Gasteiger partial charge in [0.2, 0.25) is 11.8 Å². The van der Waals surface area contributed by atoms with Gasteiger partial charge < -0.3 is 29.6 Å². The first kappa shape index (κ1) is 29.2. The lowest BCUT2D eigenvalue weighted by Gasteiger charge is -2.40. The molecule has 202 valence electrons. The molecule has 1 heterocycles. The predicted octanol–water partition coefficient (Wildman–Crippen LogP) is 4.19. The van der Waals surface area contributed by atoms with Crippen molar-refractivity contribution in [1.29, 1.82) is 0 Å². The number of rotatable bonds is 14. The molecule has 0 radical (unpaired) electrons. The van der Waals surface area contributed by atoms with E-state index in [0.29, 0.717) is 17.7 Å². The highest BCUT2D eigenvalue weighted by molar-refractivity contribution is 14.1. The van der Waals surface area contributed by atoms with Crippen LogP contribution in [0.4, 0.5) is 0 Å². The zero-order chi connectivity index (χ0) is 26.6. The van der Waals surface area contributed by atoms with Gasteiger partial charge in [0.15, 0.2) is 0 Å². The van der Waals surface area contributed by atoms with Gasteiger partial charge in [-0.1, -0.05) is 44.7 Å². The van der Waals surface area contributed by atoms with Crippen LogP contribution >= 0.6 is 22.6 Å². The highest BCUT2D eigenvalue weighted by Gasteiger charge is 2.40. The smallest absolute Gasteiger partial charge is 0.247 e. The van der Waals surface area contributed by atoms with Crippen molar-refractivity contribution in [1.82, 2.24) is 10.2 Å². The second-order valence-electron chi connectivity index (χ2n) is 9.26. The molecule has 0 saturated heterocycles. The Morgan fingerprint density at radius 1 is 1.19 bits per heavy atom. The molecule has 0 aliphatic heterocycles. The zero-order valence-electron chi connectivity index (χ0n) is 21.3. The molecule has 0 unspecified atom stereocenters. The average Bonchev–Trinajstić information content (AvgIpc) is 3.41. The van der Waals surface area contributed by atoms with Gasteiger partial charge in [-0.3, -0.25) is 9.59 Å². The summed E-state index contributed by atoms with van der Waals surface area (Å²) in [5.41, 5.74) is 1.22. The lowest BCUT2D eigenvalue weighted by atomic mass is 9.87. The van der Waals surface area contributed by atoms with Crippen molar-refractivity contribution in [2.75, 3.05) is 13.2 Å². The van der Waals surface area contributed by atoms with Crippen molar-refractivity contribution in [2.45, 2.75) is 76.7 Å². The van der Waals surface area contributed by atoms with E-state index in [1.807, 2.05) is 24.3 Å². The Balaban J connectivity index is 1.87. The van der Waals surface area contributed by atoms with Crippen molar-refractivity contribution in [3.63, 3.8) is 0 Å². The Hall–Kier alpha value is -2.37. The van der Waals surface area contributed by atoms with Crippen molar-refractivity contribution in [3.8, 4) is 5.75 Å². The summed E-state index contributed by atoms with van der Waals surface area (Å²) in [4.78, 5) is 28.1. The number of carbonyl (C=O) groups is 2. The third kappa shape index (κ3) is 8.58. The number of nitrogens with one attached hydrogen (secondary N) is 1. The summed E-state index contributed by atoms with van der Waals surface area (Å²) >= 11 is 2.16. The summed E-state index contributed by atoms with van der Waals surface area (Å²) < 4.78 is 12.3. The molecule has 0 saturated carbocycles. The SMILES string of the molecule is CCCCCCCC(=O)N(Cc1ccoc1)[C@@H]1CC(C(=O)NCCO)=C[C@H](Oc2ccccc2I)[C@H]1O. The molecule has 9 heteroatoms. The molecule has 3 rings (SSSR count). The van der Waals surface area contributed by atoms with Gasteiger partial charge in [-0.05, 0) is 53.3 Å². The highest BCUT2D eigenvalue weighted by atomic mass is 127. The molecule has 37 heavy (non-hydrogen) atoms. The van der Waals surface area contributed by atoms with Crippen LogP contribution in [-0.2, 0) is 16.1 Å². The number of unbranched alkanes of at least 4 members (excludes halogenated alkanes) is 4. The molecule has 1 aliphatic carbocycles. The van der Waals surface area contributed by atoms with Crippen molar-refractivity contribution in [3.05, 3.63) is 63.6 Å². The first-order valence-electron chi connectivity index (χ1n) is 12.9. The Morgan fingerprint density at radius 3 is 2.68 bits per heavy atom. The van der Waals surface area contributed by atoms with Crippen LogP contribution in [0.25, 0.3) is 0 Å². The van der Waals surface area contributed by atoms with Crippen LogP contribution in [0, 0.1) is 3.57 Å². The topological polar surface area (TPSA) is 112 Å². The number of amides is 2. The van der Waals surface area contributed by atoms with E-state index in [9.17, 15) is 14.7 Å². The zero-order valence-corrected chi connectivity index (χ0v) is 23.4. The highest BCUT2D eigenvalue weighted by Crippen LogP contribution is 2.31. The molecule has 0 spiro atoms. The fraction of sp³-hybridized carbons (Fsp3) is 0.500. The van der Waals surface area contributed by atoms with Gasteiger partial charge in [0.05, 0.1) is 28.7 Å². The number of benzene rings is 1. The van der Waals surface area contributed by atoms with E-state index in [2.05, 4.69) is 34.8 Å². The molecule has 1 aromatic carbocycles. The summed E-state index contributed by atoms with van der Waals surface area (Å²) in [6.07, 6.45) is 8.50. The Kier molecular flexibility index (Phi) is 11.9. The molecule has 2 aromatic rings. The van der Waals surface area contributed by atoms with Crippen LogP contribution in [0.1, 0.15) is 57.4 Å². The van der Waals surface area contributed by atoms with Crippen molar-refractivity contribution in [2.24, 2.45) is 0 Å². The van der Waals surface area contributed by atoms with Crippen molar-refractivity contribution >= 4 is 34.4 Å². The number of hydrogen-bond acceptors (Lipinski definition) is 6. The lowest BCUT2D eigenvalue weighted by molar-refractivity contribution is -0.139. The second kappa shape index (κ2) is 15.1. The number of furan rings is 1. The minimum Gasteiger partial charge on any atom is -0.482 e. The first-order chi connectivity index (χ1) is 17.9. The molecular formula is C28H37IN2O6. The predicted molar refractivity (Wildman–Crippen MR) is 149 cm³/mol. The average molecular weight is 625 g/mol. The number of ether oxygens (including phenoxy) is 1. The number of nitrogens with zero attached hydrogens (tertiary/aromatic N) is 1. The maximum absolute atomic E-state index is 13.5. The van der Waals surface area contributed by atoms with E-state index in [1.165, 1.54) is 0 Å². The molecule has 0 bridgehead atoms. The van der Waals surface area contributed by atoms with Gasteiger partial charge in [0, 0.05) is 37.1 Å². The summed E-state index contributed by atoms with van der Waals surface area (Å²) in [6, 6.07) is 8.56. The number of carbonyl (C=O) groups excluding carboxylic acids is 2. The molecule has 3 N–H and O–H groups in total. The summed E-state index contributed by atoms with van der Waals surface area (Å²) in [5, 5.41) is 23.3. The quantitative estimate of drug-likeness (QED) is 0.215. The maximum atomic E-state index is 13.5. The molecule has 3 atom stereocenters. The largest absolute Gasteiger partial charge is 0.482 e. The summed E-state index contributed by atoms with van der Waals surface area (Å²) in [7, 11) is 0. The van der Waals surface area contributed by atoms with E-state index < -0.39 is 18.2 Å². The fourth-order valence-electron chi connectivity index (χ4n) is 4.46. The van der Waals surface area contributed by atoms with E-state index in [4.69, 9.17) is 14.3 Å². The van der Waals surface area contributed by atoms with E-state index in [-0.39, 0.29) is 37.9 Å². The molecular weight excluding hydrogens is 587 g/mol. The molecule has 1 aliphatic rings. The second-order valence-corrected chi connectivity index (χ2v) is 10.4. The minimum atomic E-state index is -1.05. The number of aliphatic hydroxyl groups excluding tert-OH is 2. The van der Waals surface area contributed by atoms with Gasteiger partial charge in [-0.25, -0.2) is 0 Å². The normalized spacial score (nSPS) is 19.2. The van der Waals surface area contributed by atoms with Gasteiger partial charge in [0.1, 0.15) is 18.0 Å². The van der Waals surface area contributed by atoms with Gasteiger partial charge in [-0.2, -0.15) is 0 Å².